The molecule has 6 heteroatoms. The number of hydrogen-bond donors (Lipinski definition) is 1. The molecule has 1 fully saturated rings. The Balaban J connectivity index is 1.93. The van der Waals surface area contributed by atoms with E-state index in [4.69, 9.17) is 11.6 Å². The largest absolute Gasteiger partial charge is 0.337 e. The molecule has 0 spiro atoms. The van der Waals surface area contributed by atoms with Gasteiger partial charge in [0.05, 0.1) is 17.0 Å². The van der Waals surface area contributed by atoms with Crippen molar-refractivity contribution < 1.29 is 4.79 Å². The maximum Gasteiger partial charge on any atom is 0.235 e. The normalized spacial score (nSPS) is 16.8. The second-order valence-corrected chi connectivity index (χ2v) is 7.60. The predicted molar refractivity (Wildman–Crippen MR) is 89.7 cm³/mol. The highest BCUT2D eigenvalue weighted by atomic mass is 35.5. The van der Waals surface area contributed by atoms with E-state index in [2.05, 4.69) is 18.0 Å². The van der Waals surface area contributed by atoms with Crippen molar-refractivity contribution >= 4 is 28.8 Å². The Morgan fingerprint density at radius 3 is 2.91 bits per heavy atom. The number of halogens is 1. The van der Waals surface area contributed by atoms with E-state index in [-0.39, 0.29) is 18.4 Å². The molecule has 1 aromatic rings. The molecule has 4 nitrogen and oxygen atoms in total. The van der Waals surface area contributed by atoms with E-state index >= 15 is 0 Å². The molecule has 1 amide bonds. The Hall–Kier alpha value is -1.35. The summed E-state index contributed by atoms with van der Waals surface area (Å²) in [5.74, 6) is 0.158. The first-order chi connectivity index (χ1) is 10.5. The molecule has 2 rings (SSSR count). The molecule has 0 aliphatic heterocycles. The van der Waals surface area contributed by atoms with Crippen molar-refractivity contribution in [2.75, 3.05) is 13.1 Å². The van der Waals surface area contributed by atoms with Gasteiger partial charge in [0.1, 0.15) is 5.54 Å². The molecule has 1 saturated carbocycles. The van der Waals surface area contributed by atoms with Gasteiger partial charge in [0.25, 0.3) is 0 Å². The van der Waals surface area contributed by atoms with Gasteiger partial charge in [0, 0.05) is 18.0 Å². The van der Waals surface area contributed by atoms with Gasteiger partial charge in [-0.2, -0.15) is 5.26 Å². The lowest BCUT2D eigenvalue weighted by Crippen LogP contribution is -2.50. The fourth-order valence-corrected chi connectivity index (χ4v) is 3.57. The molecular formula is C16H20ClN3OS. The lowest BCUT2D eigenvalue weighted by molar-refractivity contribution is -0.123. The van der Waals surface area contributed by atoms with E-state index in [9.17, 15) is 10.1 Å². The van der Waals surface area contributed by atoms with Crippen LogP contribution in [0.1, 0.15) is 24.6 Å². The molecule has 1 aliphatic carbocycles. The third kappa shape index (κ3) is 4.57. The lowest BCUT2D eigenvalue weighted by atomic mass is 9.98. The third-order valence-electron chi connectivity index (χ3n) is 3.79. The van der Waals surface area contributed by atoms with Gasteiger partial charge in [-0.3, -0.25) is 9.69 Å². The number of carbonyl (C=O) groups excluding carboxylic acids is 1. The molecule has 0 radical (unpaired) electrons. The first-order valence-electron chi connectivity index (χ1n) is 7.26. The Bertz CT molecular complexity index is 590. The van der Waals surface area contributed by atoms with Crippen LogP contribution in [-0.2, 0) is 11.3 Å². The van der Waals surface area contributed by atoms with Crippen LogP contribution in [0.4, 0.5) is 0 Å². The summed E-state index contributed by atoms with van der Waals surface area (Å²) in [4.78, 5) is 15.4. The standard InChI is InChI=1S/C16H20ClN3OS/c1-3-8-20(9-13-6-7-14(17)22-13)10-15(21)19-16(2,11-18)12-4-5-12/h3,6-7,12H,1,4-5,8-10H2,2H3,(H,19,21)/t16-/m0/s1. The Labute approximate surface area is 140 Å². The number of nitrogens with one attached hydrogen (secondary N) is 1. The molecular weight excluding hydrogens is 318 g/mol. The number of amides is 1. The van der Waals surface area contributed by atoms with Gasteiger partial charge < -0.3 is 5.32 Å². The van der Waals surface area contributed by atoms with E-state index in [1.54, 1.807) is 13.0 Å². The lowest BCUT2D eigenvalue weighted by Gasteiger charge is -2.25. The summed E-state index contributed by atoms with van der Waals surface area (Å²) >= 11 is 7.45. The second-order valence-electron chi connectivity index (χ2n) is 5.80. The van der Waals surface area contributed by atoms with Gasteiger partial charge in [-0.15, -0.1) is 17.9 Å². The van der Waals surface area contributed by atoms with E-state index in [1.807, 2.05) is 17.0 Å². The number of carbonyl (C=O) groups is 1. The molecule has 1 aliphatic rings. The molecule has 118 valence electrons. The summed E-state index contributed by atoms with van der Waals surface area (Å²) < 4.78 is 0.740. The summed E-state index contributed by atoms with van der Waals surface area (Å²) in [5, 5.41) is 12.2. The molecule has 1 aromatic heterocycles. The van der Waals surface area contributed by atoms with E-state index in [0.717, 1.165) is 22.1 Å². The van der Waals surface area contributed by atoms with Crippen molar-refractivity contribution in [1.29, 1.82) is 5.26 Å². The third-order valence-corrected chi connectivity index (χ3v) is 5.00. The number of nitriles is 1. The average molecular weight is 338 g/mol. The highest BCUT2D eigenvalue weighted by molar-refractivity contribution is 7.16. The zero-order chi connectivity index (χ0) is 16.2. The predicted octanol–water partition coefficient (Wildman–Crippen LogP) is 3.20. The fourth-order valence-electron chi connectivity index (χ4n) is 2.44. The van der Waals surface area contributed by atoms with Gasteiger partial charge in [-0.1, -0.05) is 17.7 Å². The number of nitrogens with zero attached hydrogens (tertiary/aromatic N) is 2. The molecule has 1 atom stereocenters. The number of hydrogen-bond acceptors (Lipinski definition) is 4. The molecule has 22 heavy (non-hydrogen) atoms. The number of rotatable bonds is 8. The van der Waals surface area contributed by atoms with E-state index in [1.165, 1.54) is 11.3 Å². The first-order valence-corrected chi connectivity index (χ1v) is 8.46. The molecule has 0 bridgehead atoms. The number of thiophene rings is 1. The maximum atomic E-state index is 12.3. The summed E-state index contributed by atoms with van der Waals surface area (Å²) in [6, 6.07) is 6.06. The summed E-state index contributed by atoms with van der Waals surface area (Å²) in [7, 11) is 0. The highest BCUT2D eigenvalue weighted by Gasteiger charge is 2.43. The SMILES string of the molecule is C=CCN(CC(=O)N[C@@](C)(C#N)C1CC1)Cc1ccc(Cl)s1. The van der Waals surface area contributed by atoms with Crippen molar-refractivity contribution in [3.8, 4) is 6.07 Å². The topological polar surface area (TPSA) is 56.1 Å². The highest BCUT2D eigenvalue weighted by Crippen LogP contribution is 2.39. The van der Waals surface area contributed by atoms with Crippen LogP contribution >= 0.6 is 22.9 Å². The Morgan fingerprint density at radius 2 is 2.41 bits per heavy atom. The van der Waals surface area contributed by atoms with Gasteiger partial charge in [0.15, 0.2) is 0 Å². The van der Waals surface area contributed by atoms with Crippen LogP contribution in [0, 0.1) is 17.2 Å². The van der Waals surface area contributed by atoms with Crippen molar-refractivity contribution in [3.05, 3.63) is 34.0 Å². The molecule has 0 aromatic carbocycles. The first kappa shape index (κ1) is 17.0. The van der Waals surface area contributed by atoms with Crippen LogP contribution in [0.3, 0.4) is 0 Å². The summed E-state index contributed by atoms with van der Waals surface area (Å²) in [6.07, 6.45) is 3.79. The van der Waals surface area contributed by atoms with Gasteiger partial charge in [-0.25, -0.2) is 0 Å². The van der Waals surface area contributed by atoms with Crippen LogP contribution < -0.4 is 5.32 Å². The molecule has 1 heterocycles. The van der Waals surface area contributed by atoms with Crippen molar-refractivity contribution in [1.82, 2.24) is 10.2 Å². The average Bonchev–Trinajstić information content (AvgIpc) is 3.24. The molecule has 0 saturated heterocycles. The smallest absolute Gasteiger partial charge is 0.235 e. The zero-order valence-corrected chi connectivity index (χ0v) is 14.2. The summed E-state index contributed by atoms with van der Waals surface area (Å²) in [5.41, 5.74) is -0.747. The Kier molecular flexibility index (Phi) is 5.63. The van der Waals surface area contributed by atoms with Crippen molar-refractivity contribution in [2.24, 2.45) is 5.92 Å². The Morgan fingerprint density at radius 1 is 1.68 bits per heavy atom. The van der Waals surface area contributed by atoms with Crippen LogP contribution in [0.2, 0.25) is 4.34 Å². The maximum absolute atomic E-state index is 12.3. The van der Waals surface area contributed by atoms with Crippen LogP contribution in [0.25, 0.3) is 0 Å². The zero-order valence-electron chi connectivity index (χ0n) is 12.6. The van der Waals surface area contributed by atoms with Gasteiger partial charge in [-0.05, 0) is 37.8 Å². The molecule has 0 unspecified atom stereocenters. The van der Waals surface area contributed by atoms with Crippen molar-refractivity contribution in [2.45, 2.75) is 31.8 Å². The van der Waals surface area contributed by atoms with Gasteiger partial charge >= 0.3 is 0 Å². The summed E-state index contributed by atoms with van der Waals surface area (Å²) in [6.45, 7) is 7.03. The van der Waals surface area contributed by atoms with Crippen molar-refractivity contribution in [3.63, 3.8) is 0 Å². The quantitative estimate of drug-likeness (QED) is 0.741. The minimum atomic E-state index is -0.747. The fraction of sp³-hybridized carbons (Fsp3) is 0.500. The van der Waals surface area contributed by atoms with E-state index in [0.29, 0.717) is 13.1 Å². The monoisotopic (exact) mass is 337 g/mol. The second kappa shape index (κ2) is 7.28. The van der Waals surface area contributed by atoms with Crippen LogP contribution in [0.5, 0.6) is 0 Å². The van der Waals surface area contributed by atoms with Crippen LogP contribution in [0.15, 0.2) is 24.8 Å². The van der Waals surface area contributed by atoms with Gasteiger partial charge in [0.2, 0.25) is 5.91 Å². The molecule has 1 N–H and O–H groups in total. The van der Waals surface area contributed by atoms with E-state index < -0.39 is 5.54 Å². The van der Waals surface area contributed by atoms with Crippen LogP contribution in [-0.4, -0.2) is 29.4 Å². The minimum absolute atomic E-state index is 0.125. The minimum Gasteiger partial charge on any atom is -0.337 e.